The van der Waals surface area contributed by atoms with Gasteiger partial charge in [-0.05, 0) is 36.2 Å². The molecule has 0 fully saturated rings. The maximum Gasteiger partial charge on any atom is 0.251 e. The lowest BCUT2D eigenvalue weighted by molar-refractivity contribution is -0.117. The van der Waals surface area contributed by atoms with E-state index in [-0.39, 0.29) is 18.4 Å². The van der Waals surface area contributed by atoms with Crippen LogP contribution < -0.4 is 10.2 Å². The Labute approximate surface area is 159 Å². The second-order valence-electron chi connectivity index (χ2n) is 6.30. The van der Waals surface area contributed by atoms with Crippen molar-refractivity contribution in [2.24, 2.45) is 0 Å². The van der Waals surface area contributed by atoms with Gasteiger partial charge in [-0.25, -0.2) is 0 Å². The Bertz CT molecular complexity index is 908. The highest BCUT2D eigenvalue weighted by Crippen LogP contribution is 2.17. The molecule has 4 heteroatoms. The van der Waals surface area contributed by atoms with Crippen LogP contribution in [0.1, 0.15) is 21.5 Å². The fraction of sp³-hybridized carbons (Fsp3) is 0.130. The largest absolute Gasteiger partial charge is 0.343 e. The molecular weight excluding hydrogens is 336 g/mol. The summed E-state index contributed by atoms with van der Waals surface area (Å²) in [5, 5.41) is 2.75. The minimum absolute atomic E-state index is 0.0606. The predicted octanol–water partition coefficient (Wildman–Crippen LogP) is 3.96. The van der Waals surface area contributed by atoms with Gasteiger partial charge < -0.3 is 10.2 Å². The van der Waals surface area contributed by atoms with Crippen LogP contribution >= 0.6 is 0 Å². The molecule has 0 saturated carbocycles. The molecule has 0 unspecified atom stereocenters. The first-order valence-electron chi connectivity index (χ1n) is 8.88. The van der Waals surface area contributed by atoms with E-state index in [0.717, 1.165) is 16.8 Å². The minimum atomic E-state index is -0.242. The molecule has 0 saturated heterocycles. The van der Waals surface area contributed by atoms with Crippen molar-refractivity contribution in [2.45, 2.75) is 13.5 Å². The van der Waals surface area contributed by atoms with Crippen LogP contribution in [0.2, 0.25) is 0 Å². The van der Waals surface area contributed by atoms with Gasteiger partial charge in [0.2, 0.25) is 5.91 Å². The lowest BCUT2D eigenvalue weighted by Gasteiger charge is -2.23. The van der Waals surface area contributed by atoms with Crippen LogP contribution in [0.5, 0.6) is 0 Å². The Morgan fingerprint density at radius 3 is 2.07 bits per heavy atom. The molecule has 0 heterocycles. The topological polar surface area (TPSA) is 49.4 Å². The summed E-state index contributed by atoms with van der Waals surface area (Å²) in [4.78, 5) is 27.0. The average molecular weight is 358 g/mol. The van der Waals surface area contributed by atoms with Crippen LogP contribution in [0.25, 0.3) is 0 Å². The number of nitrogens with one attached hydrogen (secondary N) is 1. The maximum atomic E-state index is 12.9. The molecule has 0 atom stereocenters. The molecule has 0 aromatic heterocycles. The zero-order valence-electron chi connectivity index (χ0n) is 15.3. The highest BCUT2D eigenvalue weighted by atomic mass is 16.2. The summed E-state index contributed by atoms with van der Waals surface area (Å²) in [5.41, 5.74) is 3.29. The molecule has 0 aliphatic rings. The van der Waals surface area contributed by atoms with Gasteiger partial charge in [0.15, 0.2) is 0 Å². The first-order valence-corrected chi connectivity index (χ1v) is 8.88. The number of carbonyl (C=O) groups excluding carboxylic acids is 2. The zero-order chi connectivity index (χ0) is 19.1. The summed E-state index contributed by atoms with van der Waals surface area (Å²) < 4.78 is 0. The third kappa shape index (κ3) is 4.82. The molecule has 27 heavy (non-hydrogen) atoms. The van der Waals surface area contributed by atoms with E-state index in [1.165, 1.54) is 0 Å². The van der Waals surface area contributed by atoms with Crippen LogP contribution in [0, 0.1) is 6.92 Å². The van der Waals surface area contributed by atoms with Crippen LogP contribution in [0.15, 0.2) is 84.9 Å². The van der Waals surface area contributed by atoms with Gasteiger partial charge >= 0.3 is 0 Å². The van der Waals surface area contributed by atoms with Gasteiger partial charge in [0.25, 0.3) is 5.91 Å². The average Bonchev–Trinajstić information content (AvgIpc) is 2.72. The van der Waals surface area contributed by atoms with Crippen LogP contribution in [-0.4, -0.2) is 18.4 Å². The number of amides is 2. The number of rotatable bonds is 6. The number of aryl methyl sites for hydroxylation is 1. The SMILES string of the molecule is Cc1ccccc1C(=O)NCC(=O)N(Cc1ccccc1)c1ccccc1. The quantitative estimate of drug-likeness (QED) is 0.725. The van der Waals surface area contributed by atoms with Crippen LogP contribution in [0.3, 0.4) is 0 Å². The van der Waals surface area contributed by atoms with Crippen molar-refractivity contribution in [3.63, 3.8) is 0 Å². The van der Waals surface area contributed by atoms with E-state index < -0.39 is 0 Å². The summed E-state index contributed by atoms with van der Waals surface area (Å²) in [5.74, 6) is -0.402. The maximum absolute atomic E-state index is 12.9. The van der Waals surface area contributed by atoms with Crippen molar-refractivity contribution >= 4 is 17.5 Å². The third-order valence-corrected chi connectivity index (χ3v) is 4.34. The second-order valence-corrected chi connectivity index (χ2v) is 6.30. The summed E-state index contributed by atoms with van der Waals surface area (Å²) in [7, 11) is 0. The molecule has 3 rings (SSSR count). The smallest absolute Gasteiger partial charge is 0.251 e. The molecule has 0 spiro atoms. The van der Waals surface area contributed by atoms with Gasteiger partial charge in [-0.15, -0.1) is 0 Å². The molecule has 0 aliphatic heterocycles. The molecule has 2 amide bonds. The first kappa shape index (κ1) is 18.4. The van der Waals surface area contributed by atoms with Crippen molar-refractivity contribution in [1.29, 1.82) is 0 Å². The molecule has 3 aromatic carbocycles. The van der Waals surface area contributed by atoms with Gasteiger partial charge in [0.05, 0.1) is 13.1 Å². The molecule has 136 valence electrons. The molecule has 0 bridgehead atoms. The summed E-state index contributed by atoms with van der Waals surface area (Å²) >= 11 is 0. The summed E-state index contributed by atoms with van der Waals surface area (Å²) in [6, 6.07) is 26.6. The third-order valence-electron chi connectivity index (χ3n) is 4.34. The monoisotopic (exact) mass is 358 g/mol. The molecule has 3 aromatic rings. The number of hydrogen-bond donors (Lipinski definition) is 1. The van der Waals surface area contributed by atoms with Crippen molar-refractivity contribution in [3.05, 3.63) is 102 Å². The fourth-order valence-corrected chi connectivity index (χ4v) is 2.87. The van der Waals surface area contributed by atoms with Crippen molar-refractivity contribution in [2.75, 3.05) is 11.4 Å². The van der Waals surface area contributed by atoms with Gasteiger partial charge in [0, 0.05) is 11.3 Å². The highest BCUT2D eigenvalue weighted by molar-refractivity contribution is 6.01. The van der Waals surface area contributed by atoms with E-state index in [2.05, 4.69) is 5.32 Å². The van der Waals surface area contributed by atoms with Gasteiger partial charge in [-0.2, -0.15) is 0 Å². The molecule has 4 nitrogen and oxygen atoms in total. The Hall–Kier alpha value is -3.40. The lowest BCUT2D eigenvalue weighted by Crippen LogP contribution is -2.40. The van der Waals surface area contributed by atoms with Crippen LogP contribution in [-0.2, 0) is 11.3 Å². The standard InChI is InChI=1S/C23H22N2O2/c1-18-10-8-9-15-21(18)23(27)24-16-22(26)25(20-13-6-3-7-14-20)17-19-11-4-2-5-12-19/h2-15H,16-17H2,1H3,(H,24,27). The number of nitrogens with zero attached hydrogens (tertiary/aromatic N) is 1. The van der Waals surface area contributed by atoms with Crippen molar-refractivity contribution in [3.8, 4) is 0 Å². The number of carbonyl (C=O) groups is 2. The van der Waals surface area contributed by atoms with Gasteiger partial charge in [-0.3, -0.25) is 9.59 Å². The summed E-state index contributed by atoms with van der Waals surface area (Å²) in [6.07, 6.45) is 0. The normalized spacial score (nSPS) is 10.3. The summed E-state index contributed by atoms with van der Waals surface area (Å²) in [6.45, 7) is 2.27. The van der Waals surface area contributed by atoms with Gasteiger partial charge in [-0.1, -0.05) is 66.7 Å². The number of anilines is 1. The van der Waals surface area contributed by atoms with E-state index in [4.69, 9.17) is 0 Å². The molecule has 0 aliphatic carbocycles. The second kappa shape index (κ2) is 8.81. The molecule has 1 N–H and O–H groups in total. The number of hydrogen-bond acceptors (Lipinski definition) is 2. The van der Waals surface area contributed by atoms with Crippen molar-refractivity contribution < 1.29 is 9.59 Å². The first-order chi connectivity index (χ1) is 13.1. The Morgan fingerprint density at radius 2 is 1.41 bits per heavy atom. The van der Waals surface area contributed by atoms with Crippen molar-refractivity contribution in [1.82, 2.24) is 5.32 Å². The number of para-hydroxylation sites is 1. The Morgan fingerprint density at radius 1 is 0.815 bits per heavy atom. The van der Waals surface area contributed by atoms with E-state index in [1.54, 1.807) is 11.0 Å². The fourth-order valence-electron chi connectivity index (χ4n) is 2.87. The van der Waals surface area contributed by atoms with E-state index in [0.29, 0.717) is 12.1 Å². The van der Waals surface area contributed by atoms with Gasteiger partial charge in [0.1, 0.15) is 0 Å². The van der Waals surface area contributed by atoms with Crippen LogP contribution in [0.4, 0.5) is 5.69 Å². The Kier molecular flexibility index (Phi) is 6.00. The molecular formula is C23H22N2O2. The minimum Gasteiger partial charge on any atom is -0.343 e. The van der Waals surface area contributed by atoms with E-state index in [9.17, 15) is 9.59 Å². The highest BCUT2D eigenvalue weighted by Gasteiger charge is 2.17. The predicted molar refractivity (Wildman–Crippen MR) is 108 cm³/mol. The molecule has 0 radical (unpaired) electrons. The van der Waals surface area contributed by atoms with E-state index in [1.807, 2.05) is 85.8 Å². The van der Waals surface area contributed by atoms with E-state index >= 15 is 0 Å². The number of benzene rings is 3. The Balaban J connectivity index is 1.73. The zero-order valence-corrected chi connectivity index (χ0v) is 15.3. The lowest BCUT2D eigenvalue weighted by atomic mass is 10.1.